The Hall–Kier alpha value is -1.81. The summed E-state index contributed by atoms with van der Waals surface area (Å²) in [6, 6.07) is 9.54. The van der Waals surface area contributed by atoms with Crippen LogP contribution in [-0.4, -0.2) is 16.6 Å². The fraction of sp³-hybridized carbons (Fsp3) is 0.200. The van der Waals surface area contributed by atoms with E-state index in [1.54, 1.807) is 24.5 Å². The molecule has 1 N–H and O–H groups in total. The summed E-state index contributed by atoms with van der Waals surface area (Å²) in [5, 5.41) is 2.88. The number of hydrogen-bond donors (Lipinski definition) is 1. The molecule has 0 saturated carbocycles. The van der Waals surface area contributed by atoms with Crippen molar-refractivity contribution < 1.29 is 4.79 Å². The standard InChI is InChI=1S/C15H14N2OS/c18-15(17-13-5-7-16-8-6-13)12-4-3-11-2-1-9-19-14(11)10-12/h3-8,10H,1-2,9H2,(H,16,17,18). The molecule has 2 aromatic rings. The molecule has 19 heavy (non-hydrogen) atoms. The van der Waals surface area contributed by atoms with Gasteiger partial charge in [0.1, 0.15) is 0 Å². The molecule has 1 aliphatic heterocycles. The Labute approximate surface area is 116 Å². The minimum atomic E-state index is -0.0693. The number of aryl methyl sites for hydroxylation is 1. The summed E-state index contributed by atoms with van der Waals surface area (Å²) in [5.41, 5.74) is 2.84. The summed E-state index contributed by atoms with van der Waals surface area (Å²) in [4.78, 5) is 17.3. The number of nitrogens with one attached hydrogen (secondary N) is 1. The van der Waals surface area contributed by atoms with Crippen LogP contribution >= 0.6 is 11.8 Å². The largest absolute Gasteiger partial charge is 0.322 e. The van der Waals surface area contributed by atoms with E-state index in [2.05, 4.69) is 16.4 Å². The zero-order valence-corrected chi connectivity index (χ0v) is 11.2. The first-order chi connectivity index (χ1) is 9.33. The van der Waals surface area contributed by atoms with Crippen LogP contribution in [0.25, 0.3) is 0 Å². The molecular formula is C15H14N2OS. The summed E-state index contributed by atoms with van der Waals surface area (Å²) in [6.07, 6.45) is 5.67. The number of nitrogens with zero attached hydrogens (tertiary/aromatic N) is 1. The highest BCUT2D eigenvalue weighted by Crippen LogP contribution is 2.30. The summed E-state index contributed by atoms with van der Waals surface area (Å²) in [7, 11) is 0. The number of aromatic nitrogens is 1. The minimum Gasteiger partial charge on any atom is -0.322 e. The van der Waals surface area contributed by atoms with E-state index in [0.717, 1.165) is 17.9 Å². The van der Waals surface area contributed by atoms with E-state index in [-0.39, 0.29) is 5.91 Å². The molecule has 0 saturated heterocycles. The molecule has 0 radical (unpaired) electrons. The Morgan fingerprint density at radius 1 is 1.21 bits per heavy atom. The number of hydrogen-bond acceptors (Lipinski definition) is 3. The molecule has 0 spiro atoms. The van der Waals surface area contributed by atoms with Gasteiger partial charge in [0.15, 0.2) is 0 Å². The van der Waals surface area contributed by atoms with E-state index in [0.29, 0.717) is 5.56 Å². The van der Waals surface area contributed by atoms with Crippen LogP contribution in [0.2, 0.25) is 0 Å². The number of thioether (sulfide) groups is 1. The second-order valence-electron chi connectivity index (χ2n) is 4.46. The van der Waals surface area contributed by atoms with Gasteiger partial charge < -0.3 is 5.32 Å². The topological polar surface area (TPSA) is 42.0 Å². The molecule has 1 aromatic carbocycles. The summed E-state index contributed by atoms with van der Waals surface area (Å²) in [5.74, 6) is 1.07. The maximum Gasteiger partial charge on any atom is 0.255 e. The summed E-state index contributed by atoms with van der Waals surface area (Å²) < 4.78 is 0. The zero-order valence-electron chi connectivity index (χ0n) is 10.4. The van der Waals surface area contributed by atoms with Crippen LogP contribution in [-0.2, 0) is 6.42 Å². The van der Waals surface area contributed by atoms with Crippen LogP contribution in [0.5, 0.6) is 0 Å². The van der Waals surface area contributed by atoms with Crippen LogP contribution in [0.1, 0.15) is 22.3 Å². The molecule has 0 aliphatic carbocycles. The van der Waals surface area contributed by atoms with Gasteiger partial charge in [-0.25, -0.2) is 0 Å². The first kappa shape index (κ1) is 12.2. The first-order valence-corrected chi connectivity index (χ1v) is 7.28. The maximum absolute atomic E-state index is 12.2. The highest BCUT2D eigenvalue weighted by atomic mass is 32.2. The van der Waals surface area contributed by atoms with Gasteiger partial charge in [0, 0.05) is 28.5 Å². The normalized spacial score (nSPS) is 13.7. The molecule has 0 unspecified atom stereocenters. The van der Waals surface area contributed by atoms with Crippen molar-refractivity contribution in [3.8, 4) is 0 Å². The highest BCUT2D eigenvalue weighted by molar-refractivity contribution is 7.99. The summed E-state index contributed by atoms with van der Waals surface area (Å²) >= 11 is 1.84. The molecule has 1 aromatic heterocycles. The predicted molar refractivity (Wildman–Crippen MR) is 77.7 cm³/mol. The van der Waals surface area contributed by atoms with Gasteiger partial charge in [0.2, 0.25) is 0 Å². The molecule has 1 aliphatic rings. The fourth-order valence-corrected chi connectivity index (χ4v) is 3.19. The van der Waals surface area contributed by atoms with Crippen LogP contribution in [0.3, 0.4) is 0 Å². The highest BCUT2D eigenvalue weighted by Gasteiger charge is 2.13. The third-order valence-corrected chi connectivity index (χ3v) is 4.30. The SMILES string of the molecule is O=C(Nc1ccncc1)c1ccc2c(c1)SCCC2. The van der Waals surface area contributed by atoms with Gasteiger partial charge in [-0.1, -0.05) is 6.07 Å². The molecule has 0 bridgehead atoms. The lowest BCUT2D eigenvalue weighted by molar-refractivity contribution is 0.102. The van der Waals surface area contributed by atoms with Gasteiger partial charge in [-0.2, -0.15) is 0 Å². The van der Waals surface area contributed by atoms with E-state index in [4.69, 9.17) is 0 Å². The number of carbonyl (C=O) groups is 1. The van der Waals surface area contributed by atoms with Crippen molar-refractivity contribution in [2.75, 3.05) is 11.1 Å². The van der Waals surface area contributed by atoms with E-state index < -0.39 is 0 Å². The van der Waals surface area contributed by atoms with E-state index >= 15 is 0 Å². The molecular weight excluding hydrogens is 256 g/mol. The summed E-state index contributed by atoms with van der Waals surface area (Å²) in [6.45, 7) is 0. The van der Waals surface area contributed by atoms with Crippen molar-refractivity contribution in [1.29, 1.82) is 0 Å². The lowest BCUT2D eigenvalue weighted by atomic mass is 10.1. The monoisotopic (exact) mass is 270 g/mol. The Bertz CT molecular complexity index is 598. The Balaban J connectivity index is 1.80. The van der Waals surface area contributed by atoms with E-state index in [1.807, 2.05) is 23.9 Å². The van der Waals surface area contributed by atoms with Crippen LogP contribution in [0.15, 0.2) is 47.6 Å². The number of fused-ring (bicyclic) bond motifs is 1. The Kier molecular flexibility index (Phi) is 3.51. The second-order valence-corrected chi connectivity index (χ2v) is 5.60. The van der Waals surface area contributed by atoms with Crippen molar-refractivity contribution >= 4 is 23.4 Å². The third-order valence-electron chi connectivity index (χ3n) is 3.12. The van der Waals surface area contributed by atoms with Gasteiger partial charge >= 0.3 is 0 Å². The Morgan fingerprint density at radius 2 is 2.05 bits per heavy atom. The lowest BCUT2D eigenvalue weighted by Crippen LogP contribution is -2.12. The van der Waals surface area contributed by atoms with Gasteiger partial charge in [-0.15, -0.1) is 11.8 Å². The molecule has 2 heterocycles. The number of anilines is 1. The molecule has 0 atom stereocenters. The third kappa shape index (κ3) is 2.79. The number of carbonyl (C=O) groups excluding carboxylic acids is 1. The minimum absolute atomic E-state index is 0.0693. The number of rotatable bonds is 2. The molecule has 1 amide bonds. The molecule has 0 fully saturated rings. The fourth-order valence-electron chi connectivity index (χ4n) is 2.12. The van der Waals surface area contributed by atoms with Gasteiger partial charge in [-0.3, -0.25) is 9.78 Å². The van der Waals surface area contributed by atoms with Crippen molar-refractivity contribution in [3.63, 3.8) is 0 Å². The predicted octanol–water partition coefficient (Wildman–Crippen LogP) is 3.37. The van der Waals surface area contributed by atoms with Crippen LogP contribution < -0.4 is 5.32 Å². The van der Waals surface area contributed by atoms with Gasteiger partial charge in [0.25, 0.3) is 5.91 Å². The molecule has 3 rings (SSSR count). The second kappa shape index (κ2) is 5.45. The van der Waals surface area contributed by atoms with Crippen molar-refractivity contribution in [2.45, 2.75) is 17.7 Å². The van der Waals surface area contributed by atoms with E-state index in [1.165, 1.54) is 16.9 Å². The lowest BCUT2D eigenvalue weighted by Gasteiger charge is -2.15. The Morgan fingerprint density at radius 3 is 2.89 bits per heavy atom. The molecule has 4 heteroatoms. The first-order valence-electron chi connectivity index (χ1n) is 6.30. The molecule has 96 valence electrons. The van der Waals surface area contributed by atoms with Crippen molar-refractivity contribution in [2.24, 2.45) is 0 Å². The smallest absolute Gasteiger partial charge is 0.255 e. The van der Waals surface area contributed by atoms with Crippen molar-refractivity contribution in [1.82, 2.24) is 4.98 Å². The molecule has 3 nitrogen and oxygen atoms in total. The average molecular weight is 270 g/mol. The zero-order chi connectivity index (χ0) is 13.1. The number of amides is 1. The van der Waals surface area contributed by atoms with Crippen LogP contribution in [0.4, 0.5) is 5.69 Å². The van der Waals surface area contributed by atoms with Gasteiger partial charge in [-0.05, 0) is 48.4 Å². The number of pyridine rings is 1. The maximum atomic E-state index is 12.2. The average Bonchev–Trinajstić information content (AvgIpc) is 2.48. The van der Waals surface area contributed by atoms with E-state index in [9.17, 15) is 4.79 Å². The van der Waals surface area contributed by atoms with Gasteiger partial charge in [0.05, 0.1) is 0 Å². The number of benzene rings is 1. The quantitative estimate of drug-likeness (QED) is 0.909. The van der Waals surface area contributed by atoms with Crippen molar-refractivity contribution in [3.05, 3.63) is 53.9 Å². The van der Waals surface area contributed by atoms with Crippen LogP contribution in [0, 0.1) is 0 Å².